The van der Waals surface area contributed by atoms with E-state index in [0.717, 1.165) is 16.8 Å². The highest BCUT2D eigenvalue weighted by molar-refractivity contribution is 9.10. The minimum absolute atomic E-state index is 0.0892. The molecule has 1 aromatic carbocycles. The molecule has 0 fully saturated rings. The van der Waals surface area contributed by atoms with E-state index in [0.29, 0.717) is 0 Å². The Morgan fingerprint density at radius 2 is 2.00 bits per heavy atom. The second-order valence-corrected chi connectivity index (χ2v) is 6.64. The van der Waals surface area contributed by atoms with Crippen molar-refractivity contribution in [2.75, 3.05) is 20.3 Å². The molecule has 0 saturated heterocycles. The maximum atomic E-state index is 9.55. The molecule has 0 spiro atoms. The molecule has 1 rings (SSSR count). The Morgan fingerprint density at radius 1 is 1.30 bits per heavy atom. The summed E-state index contributed by atoms with van der Waals surface area (Å²) in [7, 11) is 1.55. The minimum atomic E-state index is -0.617. The standard InChI is InChI=1S/C15H24BrNO3/c1-15(2,3)17-8-11-5-6-14(13(16)7-11)20-10-12(18)9-19-4/h5-7,12,17-18H,8-10H2,1-4H3. The summed E-state index contributed by atoms with van der Waals surface area (Å²) in [5.41, 5.74) is 1.27. The van der Waals surface area contributed by atoms with Crippen LogP contribution in [-0.2, 0) is 11.3 Å². The lowest BCUT2D eigenvalue weighted by Gasteiger charge is -2.21. The van der Waals surface area contributed by atoms with Crippen LogP contribution in [0.15, 0.2) is 22.7 Å². The van der Waals surface area contributed by atoms with Crippen LogP contribution in [0.1, 0.15) is 26.3 Å². The Balaban J connectivity index is 2.55. The third-order valence-corrected chi connectivity index (χ3v) is 3.23. The molecule has 0 heterocycles. The van der Waals surface area contributed by atoms with Gasteiger partial charge in [-0.05, 0) is 54.4 Å². The van der Waals surface area contributed by atoms with Gasteiger partial charge in [-0.25, -0.2) is 0 Å². The SMILES string of the molecule is COCC(O)COc1ccc(CNC(C)(C)C)cc1Br. The molecule has 1 aromatic rings. The Morgan fingerprint density at radius 3 is 2.55 bits per heavy atom. The zero-order chi connectivity index (χ0) is 15.2. The van der Waals surface area contributed by atoms with Gasteiger partial charge in [0.1, 0.15) is 18.5 Å². The first kappa shape index (κ1) is 17.4. The number of halogens is 1. The topological polar surface area (TPSA) is 50.7 Å². The highest BCUT2D eigenvalue weighted by Crippen LogP contribution is 2.26. The molecule has 1 unspecified atom stereocenters. The fraction of sp³-hybridized carbons (Fsp3) is 0.600. The average molecular weight is 346 g/mol. The van der Waals surface area contributed by atoms with Gasteiger partial charge in [0, 0.05) is 19.2 Å². The number of nitrogens with one attached hydrogen (secondary N) is 1. The number of aliphatic hydroxyl groups excluding tert-OH is 1. The summed E-state index contributed by atoms with van der Waals surface area (Å²) in [6.45, 7) is 7.69. The second kappa shape index (κ2) is 7.98. The smallest absolute Gasteiger partial charge is 0.133 e. The van der Waals surface area contributed by atoms with Gasteiger partial charge in [-0.2, -0.15) is 0 Å². The number of hydrogen-bond acceptors (Lipinski definition) is 4. The molecular weight excluding hydrogens is 322 g/mol. The molecule has 0 amide bonds. The van der Waals surface area contributed by atoms with Crippen molar-refractivity contribution in [1.82, 2.24) is 5.32 Å². The van der Waals surface area contributed by atoms with Crippen LogP contribution in [0.5, 0.6) is 5.75 Å². The summed E-state index contributed by atoms with van der Waals surface area (Å²) >= 11 is 3.49. The van der Waals surface area contributed by atoms with Gasteiger partial charge in [0.15, 0.2) is 0 Å². The predicted octanol–water partition coefficient (Wildman–Crippen LogP) is 2.72. The van der Waals surface area contributed by atoms with Gasteiger partial charge in [0.2, 0.25) is 0 Å². The first-order chi connectivity index (χ1) is 9.31. The molecule has 0 bridgehead atoms. The maximum Gasteiger partial charge on any atom is 0.133 e. The zero-order valence-electron chi connectivity index (χ0n) is 12.6. The molecule has 0 saturated carbocycles. The highest BCUT2D eigenvalue weighted by Gasteiger charge is 2.10. The van der Waals surface area contributed by atoms with Crippen LogP contribution in [0, 0.1) is 0 Å². The Kier molecular flexibility index (Phi) is 6.95. The van der Waals surface area contributed by atoms with Crippen LogP contribution in [0.3, 0.4) is 0 Å². The first-order valence-electron chi connectivity index (χ1n) is 6.65. The maximum absolute atomic E-state index is 9.55. The van der Waals surface area contributed by atoms with Crippen molar-refractivity contribution in [2.45, 2.75) is 39.0 Å². The van der Waals surface area contributed by atoms with E-state index in [1.54, 1.807) is 7.11 Å². The third kappa shape index (κ3) is 6.70. The third-order valence-electron chi connectivity index (χ3n) is 2.61. The number of ether oxygens (including phenoxy) is 2. The molecule has 0 aromatic heterocycles. The van der Waals surface area contributed by atoms with Crippen molar-refractivity contribution in [3.05, 3.63) is 28.2 Å². The first-order valence-corrected chi connectivity index (χ1v) is 7.44. The molecule has 5 heteroatoms. The lowest BCUT2D eigenvalue weighted by Crippen LogP contribution is -2.35. The molecule has 0 aliphatic carbocycles. The van der Waals surface area contributed by atoms with Crippen LogP contribution in [-0.4, -0.2) is 37.1 Å². The van der Waals surface area contributed by atoms with Crippen LogP contribution in [0.4, 0.5) is 0 Å². The number of benzene rings is 1. The zero-order valence-corrected chi connectivity index (χ0v) is 14.2. The molecule has 20 heavy (non-hydrogen) atoms. The monoisotopic (exact) mass is 345 g/mol. The average Bonchev–Trinajstić information content (AvgIpc) is 2.34. The Hall–Kier alpha value is -0.620. The van der Waals surface area contributed by atoms with Gasteiger partial charge >= 0.3 is 0 Å². The van der Waals surface area contributed by atoms with E-state index in [4.69, 9.17) is 9.47 Å². The van der Waals surface area contributed by atoms with E-state index >= 15 is 0 Å². The van der Waals surface area contributed by atoms with E-state index < -0.39 is 6.10 Å². The lowest BCUT2D eigenvalue weighted by molar-refractivity contribution is 0.0323. The molecule has 1 atom stereocenters. The largest absolute Gasteiger partial charge is 0.490 e. The van der Waals surface area contributed by atoms with E-state index in [-0.39, 0.29) is 18.8 Å². The van der Waals surface area contributed by atoms with Crippen LogP contribution in [0.2, 0.25) is 0 Å². The number of hydrogen-bond donors (Lipinski definition) is 2. The summed E-state index contributed by atoms with van der Waals surface area (Å²) in [6, 6.07) is 5.95. The summed E-state index contributed by atoms with van der Waals surface area (Å²) in [5.74, 6) is 0.722. The van der Waals surface area contributed by atoms with E-state index in [1.165, 1.54) is 5.56 Å². The van der Waals surface area contributed by atoms with Crippen molar-refractivity contribution in [1.29, 1.82) is 0 Å². The van der Waals surface area contributed by atoms with Crippen LogP contribution in [0.25, 0.3) is 0 Å². The summed E-state index contributed by atoms with van der Waals surface area (Å²) in [5, 5.41) is 13.0. The van der Waals surface area contributed by atoms with Crippen molar-refractivity contribution >= 4 is 15.9 Å². The van der Waals surface area contributed by atoms with E-state index in [1.807, 2.05) is 18.2 Å². The molecule has 0 aliphatic heterocycles. The van der Waals surface area contributed by atoms with Crippen molar-refractivity contribution in [2.24, 2.45) is 0 Å². The quantitative estimate of drug-likeness (QED) is 0.797. The molecule has 4 nitrogen and oxygen atoms in total. The molecule has 114 valence electrons. The predicted molar refractivity (Wildman–Crippen MR) is 84.1 cm³/mol. The summed E-state index contributed by atoms with van der Waals surface area (Å²) in [6.07, 6.45) is -0.617. The van der Waals surface area contributed by atoms with Gasteiger partial charge < -0.3 is 19.9 Å². The molecular formula is C15H24BrNO3. The highest BCUT2D eigenvalue weighted by atomic mass is 79.9. The number of rotatable bonds is 7. The normalized spacial score (nSPS) is 13.3. The molecule has 0 radical (unpaired) electrons. The summed E-state index contributed by atoms with van der Waals surface area (Å²) in [4.78, 5) is 0. The van der Waals surface area contributed by atoms with Gasteiger partial charge in [0.25, 0.3) is 0 Å². The van der Waals surface area contributed by atoms with Gasteiger partial charge in [-0.15, -0.1) is 0 Å². The van der Waals surface area contributed by atoms with Crippen molar-refractivity contribution in [3.63, 3.8) is 0 Å². The van der Waals surface area contributed by atoms with E-state index in [2.05, 4.69) is 42.0 Å². The fourth-order valence-electron chi connectivity index (χ4n) is 1.57. The fourth-order valence-corrected chi connectivity index (χ4v) is 2.11. The van der Waals surface area contributed by atoms with Gasteiger partial charge in [-0.3, -0.25) is 0 Å². The van der Waals surface area contributed by atoms with E-state index in [9.17, 15) is 5.11 Å². The van der Waals surface area contributed by atoms with Gasteiger partial charge in [-0.1, -0.05) is 6.07 Å². The van der Waals surface area contributed by atoms with Gasteiger partial charge in [0.05, 0.1) is 11.1 Å². The van der Waals surface area contributed by atoms with Crippen molar-refractivity contribution in [3.8, 4) is 5.75 Å². The van der Waals surface area contributed by atoms with Crippen LogP contribution < -0.4 is 10.1 Å². The van der Waals surface area contributed by atoms with Crippen LogP contribution >= 0.6 is 15.9 Å². The molecule has 0 aliphatic rings. The summed E-state index contributed by atoms with van der Waals surface area (Å²) < 4.78 is 11.3. The van der Waals surface area contributed by atoms with Crippen molar-refractivity contribution < 1.29 is 14.6 Å². The minimum Gasteiger partial charge on any atom is -0.490 e. The molecule has 2 N–H and O–H groups in total. The number of methoxy groups -OCH3 is 1. The second-order valence-electron chi connectivity index (χ2n) is 5.79. The lowest BCUT2D eigenvalue weighted by atomic mass is 10.1. The number of aliphatic hydroxyl groups is 1. The Bertz CT molecular complexity index is 418. The Labute approximate surface area is 129 Å².